The molecule has 188 valence electrons. The summed E-state index contributed by atoms with van der Waals surface area (Å²) in [6, 6.07) is 0. The zero-order valence-corrected chi connectivity index (χ0v) is 23.4. The standard InChI is InChI=1S/C25H48OS.2C2H6/c1-3-5-22-25(4-2)26-23-20-18-16-14-12-10-8-6-7-9-11-13-15-17-19-21-24-27;2*1-2/h4-5,22,27H,3,6-21,23-24H2,1-2H3;2*1-2H3/b22-5-,25-4+;;. The van der Waals surface area contributed by atoms with Crippen LogP contribution in [0.1, 0.15) is 151 Å². The molecule has 0 N–H and O–H groups in total. The number of hydrogen-bond acceptors (Lipinski definition) is 2. The smallest absolute Gasteiger partial charge is 0.114 e. The fourth-order valence-corrected chi connectivity index (χ4v) is 3.56. The molecule has 0 unspecified atom stereocenters. The van der Waals surface area contributed by atoms with Crippen LogP contribution in [0, 0.1) is 0 Å². The first-order valence-electron chi connectivity index (χ1n) is 13.9. The number of ether oxygens (including phenoxy) is 1. The van der Waals surface area contributed by atoms with Gasteiger partial charge < -0.3 is 4.74 Å². The van der Waals surface area contributed by atoms with Crippen molar-refractivity contribution in [2.45, 2.75) is 151 Å². The van der Waals surface area contributed by atoms with E-state index in [0.29, 0.717) is 0 Å². The van der Waals surface area contributed by atoms with Crippen molar-refractivity contribution in [3.05, 3.63) is 24.0 Å². The van der Waals surface area contributed by atoms with Crippen molar-refractivity contribution in [2.24, 2.45) is 0 Å². The van der Waals surface area contributed by atoms with Gasteiger partial charge in [-0.15, -0.1) is 0 Å². The first kappa shape index (κ1) is 35.2. The molecule has 0 aliphatic rings. The molecule has 0 rings (SSSR count). The van der Waals surface area contributed by atoms with Gasteiger partial charge in [0, 0.05) is 0 Å². The number of thiol groups is 1. The summed E-state index contributed by atoms with van der Waals surface area (Å²) >= 11 is 4.26. The van der Waals surface area contributed by atoms with E-state index in [0.717, 1.165) is 24.5 Å². The first-order chi connectivity index (χ1) is 15.3. The van der Waals surface area contributed by atoms with Crippen LogP contribution in [0.4, 0.5) is 0 Å². The van der Waals surface area contributed by atoms with E-state index in [1.807, 2.05) is 34.6 Å². The minimum absolute atomic E-state index is 0.864. The third kappa shape index (κ3) is 34.4. The van der Waals surface area contributed by atoms with Crippen LogP contribution < -0.4 is 0 Å². The molecule has 2 heteroatoms. The summed E-state index contributed by atoms with van der Waals surface area (Å²) in [6.07, 6.45) is 29.7. The van der Waals surface area contributed by atoms with Crippen LogP contribution in [0.2, 0.25) is 0 Å². The molecular weight excluding hydrogens is 396 g/mol. The van der Waals surface area contributed by atoms with E-state index < -0.39 is 0 Å². The zero-order valence-electron chi connectivity index (χ0n) is 22.5. The average Bonchev–Trinajstić information content (AvgIpc) is 2.82. The van der Waals surface area contributed by atoms with Gasteiger partial charge in [-0.1, -0.05) is 131 Å². The fraction of sp³-hybridized carbons (Fsp3) is 0.862. The topological polar surface area (TPSA) is 9.23 Å². The molecule has 0 aromatic carbocycles. The third-order valence-electron chi connectivity index (χ3n) is 5.12. The largest absolute Gasteiger partial charge is 0.494 e. The third-order valence-corrected chi connectivity index (χ3v) is 5.44. The molecule has 0 saturated heterocycles. The number of unbranched alkanes of at least 4 members (excludes halogenated alkanes) is 15. The van der Waals surface area contributed by atoms with Gasteiger partial charge in [0.2, 0.25) is 0 Å². The van der Waals surface area contributed by atoms with Crippen LogP contribution in [0.5, 0.6) is 0 Å². The zero-order chi connectivity index (χ0) is 23.8. The normalized spacial score (nSPS) is 11.0. The molecule has 0 aliphatic heterocycles. The van der Waals surface area contributed by atoms with Crippen molar-refractivity contribution in [1.29, 1.82) is 0 Å². The second-order valence-electron chi connectivity index (χ2n) is 7.73. The van der Waals surface area contributed by atoms with Crippen molar-refractivity contribution in [1.82, 2.24) is 0 Å². The maximum absolute atomic E-state index is 5.79. The van der Waals surface area contributed by atoms with Crippen LogP contribution >= 0.6 is 12.6 Å². The summed E-state index contributed by atoms with van der Waals surface area (Å²) in [4.78, 5) is 0. The highest BCUT2D eigenvalue weighted by Gasteiger charge is 1.96. The SMILES string of the molecule is C/C=C(\C=C/CC)OCCCCCCCCCCCCCCCCCCS.CC.CC. The van der Waals surface area contributed by atoms with E-state index in [4.69, 9.17) is 4.74 Å². The minimum Gasteiger partial charge on any atom is -0.494 e. The highest BCUT2D eigenvalue weighted by Crippen LogP contribution is 2.14. The van der Waals surface area contributed by atoms with E-state index in [-0.39, 0.29) is 0 Å². The summed E-state index contributed by atoms with van der Waals surface area (Å²) in [6.45, 7) is 13.1. The predicted octanol–water partition coefficient (Wildman–Crippen LogP) is 11.1. The summed E-state index contributed by atoms with van der Waals surface area (Å²) in [5, 5.41) is 0. The van der Waals surface area contributed by atoms with Crippen molar-refractivity contribution in [3.8, 4) is 0 Å². The molecule has 0 fully saturated rings. The number of allylic oxidation sites excluding steroid dienone is 3. The Morgan fingerprint density at radius 1 is 0.613 bits per heavy atom. The Kier molecular flexibility index (Phi) is 42.0. The van der Waals surface area contributed by atoms with Crippen molar-refractivity contribution < 1.29 is 4.74 Å². The maximum atomic E-state index is 5.79. The Labute approximate surface area is 204 Å². The molecule has 0 aromatic heterocycles. The Balaban J connectivity index is -0.00000184. The average molecular weight is 457 g/mol. The van der Waals surface area contributed by atoms with Gasteiger partial charge in [-0.05, 0) is 44.1 Å². The van der Waals surface area contributed by atoms with Gasteiger partial charge in [0.05, 0.1) is 6.61 Å². The lowest BCUT2D eigenvalue weighted by molar-refractivity contribution is 0.216. The monoisotopic (exact) mass is 456 g/mol. The molecular formula is C29H60OS. The van der Waals surface area contributed by atoms with E-state index in [1.165, 1.54) is 103 Å². The molecule has 0 atom stereocenters. The molecule has 1 nitrogen and oxygen atoms in total. The van der Waals surface area contributed by atoms with Crippen LogP contribution in [-0.2, 0) is 4.74 Å². The number of hydrogen-bond donors (Lipinski definition) is 1. The summed E-state index contributed by atoms with van der Waals surface area (Å²) in [5.41, 5.74) is 0. The van der Waals surface area contributed by atoms with E-state index in [9.17, 15) is 0 Å². The molecule has 0 spiro atoms. The van der Waals surface area contributed by atoms with Gasteiger partial charge in [0.25, 0.3) is 0 Å². The van der Waals surface area contributed by atoms with Crippen molar-refractivity contribution in [3.63, 3.8) is 0 Å². The Morgan fingerprint density at radius 3 is 1.29 bits per heavy atom. The summed E-state index contributed by atoms with van der Waals surface area (Å²) in [5.74, 6) is 2.08. The van der Waals surface area contributed by atoms with Crippen LogP contribution in [0.3, 0.4) is 0 Å². The lowest BCUT2D eigenvalue weighted by Crippen LogP contribution is -1.93. The second-order valence-corrected chi connectivity index (χ2v) is 8.18. The van der Waals surface area contributed by atoms with Crippen LogP contribution in [0.25, 0.3) is 0 Å². The molecule has 0 amide bonds. The predicted molar refractivity (Wildman–Crippen MR) is 150 cm³/mol. The van der Waals surface area contributed by atoms with Crippen molar-refractivity contribution >= 4 is 12.6 Å². The number of rotatable bonds is 21. The van der Waals surface area contributed by atoms with E-state index in [2.05, 4.69) is 37.8 Å². The van der Waals surface area contributed by atoms with Gasteiger partial charge in [0.1, 0.15) is 5.76 Å². The van der Waals surface area contributed by atoms with Crippen LogP contribution in [0.15, 0.2) is 24.0 Å². The molecule has 0 bridgehead atoms. The van der Waals surface area contributed by atoms with Gasteiger partial charge in [-0.3, -0.25) is 0 Å². The molecule has 0 heterocycles. The maximum Gasteiger partial charge on any atom is 0.114 e. The molecule has 31 heavy (non-hydrogen) atoms. The van der Waals surface area contributed by atoms with Gasteiger partial charge >= 0.3 is 0 Å². The minimum atomic E-state index is 0.864. The molecule has 0 radical (unpaired) electrons. The summed E-state index contributed by atoms with van der Waals surface area (Å²) in [7, 11) is 0. The Bertz CT molecular complexity index is 336. The van der Waals surface area contributed by atoms with Gasteiger partial charge in [0.15, 0.2) is 0 Å². The second kappa shape index (κ2) is 37.0. The molecule has 0 aromatic rings. The van der Waals surface area contributed by atoms with Gasteiger partial charge in [-0.2, -0.15) is 12.6 Å². The molecule has 0 saturated carbocycles. The highest BCUT2D eigenvalue weighted by molar-refractivity contribution is 7.80. The van der Waals surface area contributed by atoms with Gasteiger partial charge in [-0.25, -0.2) is 0 Å². The fourth-order valence-electron chi connectivity index (χ4n) is 3.34. The highest BCUT2D eigenvalue weighted by atomic mass is 32.1. The Hall–Kier alpha value is -0.370. The lowest BCUT2D eigenvalue weighted by Gasteiger charge is -2.06. The quantitative estimate of drug-likeness (QED) is 0.0781. The van der Waals surface area contributed by atoms with E-state index >= 15 is 0 Å². The van der Waals surface area contributed by atoms with Crippen molar-refractivity contribution in [2.75, 3.05) is 12.4 Å². The van der Waals surface area contributed by atoms with Crippen LogP contribution in [-0.4, -0.2) is 12.4 Å². The molecule has 0 aliphatic carbocycles. The summed E-state index contributed by atoms with van der Waals surface area (Å²) < 4.78 is 5.79. The Morgan fingerprint density at radius 2 is 0.968 bits per heavy atom. The lowest BCUT2D eigenvalue weighted by atomic mass is 10.0. The van der Waals surface area contributed by atoms with E-state index in [1.54, 1.807) is 0 Å². The first-order valence-corrected chi connectivity index (χ1v) is 14.5.